The Labute approximate surface area is 157 Å². The molecule has 0 amide bonds. The van der Waals surface area contributed by atoms with Gasteiger partial charge in [-0.15, -0.1) is 0 Å². The van der Waals surface area contributed by atoms with Crippen LogP contribution >= 0.6 is 0 Å². The molecular weight excluding hydrogens is 340 g/mol. The Hall–Kier alpha value is -3.87. The van der Waals surface area contributed by atoms with Crippen molar-refractivity contribution in [2.45, 2.75) is 6.92 Å². The predicted molar refractivity (Wildman–Crippen MR) is 102 cm³/mol. The standard InChI is InChI=1S/C24H13F2N/c1-17-3-4-20(15-22(17)25)11-9-18-5-7-19(8-6-18)10-12-21-13-14-24(27-2)23(26)16-21/h3-8,13-16H,1H3. The minimum atomic E-state index is -0.574. The summed E-state index contributed by atoms with van der Waals surface area (Å²) in [4.78, 5) is 3.08. The third-order valence-corrected chi connectivity index (χ3v) is 3.83. The summed E-state index contributed by atoms with van der Waals surface area (Å²) in [6, 6.07) is 16.5. The molecule has 0 fully saturated rings. The fourth-order valence-electron chi connectivity index (χ4n) is 2.27. The van der Waals surface area contributed by atoms with E-state index in [4.69, 9.17) is 6.57 Å². The molecule has 0 aliphatic heterocycles. The van der Waals surface area contributed by atoms with Crippen molar-refractivity contribution in [1.29, 1.82) is 0 Å². The first kappa shape index (κ1) is 17.9. The number of hydrogen-bond acceptors (Lipinski definition) is 0. The van der Waals surface area contributed by atoms with Crippen molar-refractivity contribution < 1.29 is 8.78 Å². The molecule has 0 aromatic heterocycles. The Morgan fingerprint density at radius 3 is 1.59 bits per heavy atom. The van der Waals surface area contributed by atoms with Crippen molar-refractivity contribution in [3.8, 4) is 23.7 Å². The first-order valence-electron chi connectivity index (χ1n) is 8.12. The van der Waals surface area contributed by atoms with E-state index in [0.29, 0.717) is 16.7 Å². The number of nitrogens with zero attached hydrogens (tertiary/aromatic N) is 1. The summed E-state index contributed by atoms with van der Waals surface area (Å²) in [5.74, 6) is 10.9. The molecule has 3 aromatic carbocycles. The highest BCUT2D eigenvalue weighted by Gasteiger charge is 2.01. The lowest BCUT2D eigenvalue weighted by molar-refractivity contribution is 0.618. The molecule has 27 heavy (non-hydrogen) atoms. The van der Waals surface area contributed by atoms with Gasteiger partial charge in [-0.2, -0.15) is 0 Å². The zero-order chi connectivity index (χ0) is 19.2. The summed E-state index contributed by atoms with van der Waals surface area (Å²) in [5.41, 5.74) is 3.24. The van der Waals surface area contributed by atoms with Gasteiger partial charge in [0.25, 0.3) is 0 Å². The molecule has 0 saturated heterocycles. The molecule has 0 N–H and O–H groups in total. The minimum absolute atomic E-state index is 0.0167. The van der Waals surface area contributed by atoms with Gasteiger partial charge < -0.3 is 0 Å². The summed E-state index contributed by atoms with van der Waals surface area (Å²) < 4.78 is 27.1. The van der Waals surface area contributed by atoms with Crippen LogP contribution in [0.4, 0.5) is 14.5 Å². The number of rotatable bonds is 0. The van der Waals surface area contributed by atoms with Crippen LogP contribution in [0, 0.1) is 48.8 Å². The molecule has 3 aromatic rings. The van der Waals surface area contributed by atoms with E-state index in [0.717, 1.165) is 11.1 Å². The number of aryl methyl sites for hydroxylation is 1. The maximum absolute atomic E-state index is 13.6. The van der Waals surface area contributed by atoms with Gasteiger partial charge in [0.15, 0.2) is 0 Å². The lowest BCUT2D eigenvalue weighted by Gasteiger charge is -1.96. The fourth-order valence-corrected chi connectivity index (χ4v) is 2.27. The Morgan fingerprint density at radius 1 is 0.667 bits per heavy atom. The first-order valence-corrected chi connectivity index (χ1v) is 8.12. The minimum Gasteiger partial charge on any atom is -0.235 e. The second-order valence-electron chi connectivity index (χ2n) is 5.82. The Kier molecular flexibility index (Phi) is 5.32. The molecular formula is C24H13F2N. The topological polar surface area (TPSA) is 4.36 Å². The summed E-state index contributed by atoms with van der Waals surface area (Å²) in [5, 5.41) is 0. The van der Waals surface area contributed by atoms with Gasteiger partial charge in [-0.05, 0) is 55.0 Å². The summed E-state index contributed by atoms with van der Waals surface area (Å²) in [6.07, 6.45) is 0. The molecule has 3 heteroatoms. The maximum Gasteiger partial charge on any atom is 0.222 e. The SMILES string of the molecule is [C-]#[N+]c1ccc(C#Cc2ccc(C#Cc3ccc(C)c(F)c3)cc2)cc1F. The van der Waals surface area contributed by atoms with E-state index < -0.39 is 5.82 Å². The highest BCUT2D eigenvalue weighted by atomic mass is 19.1. The second kappa shape index (κ2) is 8.01. The monoisotopic (exact) mass is 353 g/mol. The van der Waals surface area contributed by atoms with Crippen molar-refractivity contribution in [2.24, 2.45) is 0 Å². The predicted octanol–water partition coefficient (Wildman–Crippen LogP) is 5.62. The van der Waals surface area contributed by atoms with Crippen LogP contribution in [0.1, 0.15) is 27.8 Å². The van der Waals surface area contributed by atoms with E-state index in [-0.39, 0.29) is 11.5 Å². The van der Waals surface area contributed by atoms with Crippen LogP contribution in [-0.2, 0) is 0 Å². The molecule has 0 saturated carbocycles. The van der Waals surface area contributed by atoms with Gasteiger partial charge in [0, 0.05) is 22.3 Å². The van der Waals surface area contributed by atoms with Crippen LogP contribution in [0.2, 0.25) is 0 Å². The molecule has 0 bridgehead atoms. The third-order valence-electron chi connectivity index (χ3n) is 3.83. The van der Waals surface area contributed by atoms with E-state index >= 15 is 0 Å². The summed E-state index contributed by atoms with van der Waals surface area (Å²) in [7, 11) is 0. The van der Waals surface area contributed by atoms with Crippen LogP contribution in [0.25, 0.3) is 4.85 Å². The molecule has 0 heterocycles. The average molecular weight is 353 g/mol. The van der Waals surface area contributed by atoms with Crippen molar-refractivity contribution in [1.82, 2.24) is 0 Å². The summed E-state index contributed by atoms with van der Waals surface area (Å²) >= 11 is 0. The molecule has 0 unspecified atom stereocenters. The van der Waals surface area contributed by atoms with Crippen LogP contribution in [0.15, 0.2) is 60.7 Å². The Morgan fingerprint density at radius 2 is 1.11 bits per heavy atom. The van der Waals surface area contributed by atoms with Crippen LogP contribution in [0.5, 0.6) is 0 Å². The highest BCUT2D eigenvalue weighted by Crippen LogP contribution is 2.18. The zero-order valence-electron chi connectivity index (χ0n) is 14.5. The van der Waals surface area contributed by atoms with Gasteiger partial charge in [0.05, 0.1) is 6.57 Å². The van der Waals surface area contributed by atoms with Gasteiger partial charge in [0.1, 0.15) is 11.6 Å². The number of hydrogen-bond donors (Lipinski definition) is 0. The molecule has 0 aliphatic rings. The first-order chi connectivity index (χ1) is 13.0. The van der Waals surface area contributed by atoms with Crippen molar-refractivity contribution in [2.75, 3.05) is 0 Å². The molecule has 0 radical (unpaired) electrons. The van der Waals surface area contributed by atoms with Gasteiger partial charge in [-0.25, -0.2) is 13.6 Å². The third kappa shape index (κ3) is 4.60. The second-order valence-corrected chi connectivity index (χ2v) is 5.82. The van der Waals surface area contributed by atoms with Gasteiger partial charge >= 0.3 is 0 Å². The smallest absolute Gasteiger partial charge is 0.222 e. The molecule has 1 nitrogen and oxygen atoms in total. The van der Waals surface area contributed by atoms with Crippen molar-refractivity contribution in [3.05, 3.63) is 112 Å². The van der Waals surface area contributed by atoms with E-state index in [1.165, 1.54) is 18.2 Å². The molecule has 3 rings (SSSR count). The van der Waals surface area contributed by atoms with Crippen LogP contribution in [0.3, 0.4) is 0 Å². The van der Waals surface area contributed by atoms with E-state index in [1.54, 1.807) is 25.1 Å². The largest absolute Gasteiger partial charge is 0.235 e. The molecule has 0 spiro atoms. The van der Waals surface area contributed by atoms with E-state index in [1.807, 2.05) is 24.3 Å². The van der Waals surface area contributed by atoms with Crippen LogP contribution < -0.4 is 0 Å². The van der Waals surface area contributed by atoms with E-state index in [2.05, 4.69) is 28.5 Å². The van der Waals surface area contributed by atoms with Crippen molar-refractivity contribution in [3.63, 3.8) is 0 Å². The molecule has 0 aliphatic carbocycles. The van der Waals surface area contributed by atoms with Gasteiger partial charge in [-0.1, -0.05) is 41.9 Å². The lowest BCUT2D eigenvalue weighted by Crippen LogP contribution is -1.84. The normalized spacial score (nSPS) is 9.41. The number of benzene rings is 3. The number of halogens is 2. The van der Waals surface area contributed by atoms with Crippen molar-refractivity contribution >= 4 is 5.69 Å². The fraction of sp³-hybridized carbons (Fsp3) is 0.0417. The Balaban J connectivity index is 1.75. The zero-order valence-corrected chi connectivity index (χ0v) is 14.5. The van der Waals surface area contributed by atoms with Crippen LogP contribution in [-0.4, -0.2) is 0 Å². The van der Waals surface area contributed by atoms with E-state index in [9.17, 15) is 8.78 Å². The van der Waals surface area contributed by atoms with Gasteiger partial charge in [0.2, 0.25) is 5.69 Å². The highest BCUT2D eigenvalue weighted by molar-refractivity contribution is 5.52. The molecule has 0 atom stereocenters. The maximum atomic E-state index is 13.6. The lowest BCUT2D eigenvalue weighted by atomic mass is 10.1. The average Bonchev–Trinajstić information content (AvgIpc) is 2.68. The Bertz CT molecular complexity index is 1160. The summed E-state index contributed by atoms with van der Waals surface area (Å²) in [6.45, 7) is 8.55. The quantitative estimate of drug-likeness (QED) is 0.365. The van der Waals surface area contributed by atoms with Gasteiger partial charge in [-0.3, -0.25) is 0 Å². The molecule has 128 valence electrons.